The molecular formula is C16H21N3O2. The monoisotopic (exact) mass is 287 g/mol. The van der Waals surface area contributed by atoms with Crippen LogP contribution in [0.5, 0.6) is 0 Å². The highest BCUT2D eigenvalue weighted by Gasteiger charge is 2.13. The van der Waals surface area contributed by atoms with Crippen LogP contribution in [0, 0.1) is 13.8 Å². The highest BCUT2D eigenvalue weighted by Crippen LogP contribution is 2.17. The lowest BCUT2D eigenvalue weighted by Crippen LogP contribution is -2.27. The molecule has 1 aromatic heterocycles. The van der Waals surface area contributed by atoms with Crippen LogP contribution in [0.4, 0.5) is 0 Å². The number of carbonyl (C=O) groups excluding carboxylic acids is 1. The van der Waals surface area contributed by atoms with Gasteiger partial charge < -0.3 is 10.1 Å². The number of ether oxygens (including phenoxy) is 1. The predicted molar refractivity (Wildman–Crippen MR) is 81.4 cm³/mol. The number of hydrogen-bond acceptors (Lipinski definition) is 3. The summed E-state index contributed by atoms with van der Waals surface area (Å²) in [5.41, 5.74) is 4.03. The van der Waals surface area contributed by atoms with E-state index in [0.717, 1.165) is 22.6 Å². The van der Waals surface area contributed by atoms with E-state index in [9.17, 15) is 4.79 Å². The summed E-state index contributed by atoms with van der Waals surface area (Å²) in [4.78, 5) is 11.6. The van der Waals surface area contributed by atoms with Crippen molar-refractivity contribution in [1.82, 2.24) is 15.1 Å². The number of aryl methyl sites for hydroxylation is 1. The van der Waals surface area contributed by atoms with Crippen molar-refractivity contribution in [1.29, 1.82) is 0 Å². The molecular weight excluding hydrogens is 266 g/mol. The maximum absolute atomic E-state index is 11.6. The van der Waals surface area contributed by atoms with E-state index in [0.29, 0.717) is 13.2 Å². The Morgan fingerprint density at radius 1 is 1.29 bits per heavy atom. The largest absolute Gasteiger partial charge is 0.372 e. The van der Waals surface area contributed by atoms with E-state index in [1.165, 1.54) is 0 Å². The molecule has 0 bridgehead atoms. The Morgan fingerprint density at radius 3 is 2.67 bits per heavy atom. The summed E-state index contributed by atoms with van der Waals surface area (Å²) in [6.45, 7) is 6.94. The lowest BCUT2D eigenvalue weighted by Gasteiger charge is -2.07. The fourth-order valence-electron chi connectivity index (χ4n) is 2.18. The van der Waals surface area contributed by atoms with Crippen molar-refractivity contribution in [3.63, 3.8) is 0 Å². The average molecular weight is 287 g/mol. The zero-order chi connectivity index (χ0) is 15.2. The van der Waals surface area contributed by atoms with E-state index in [4.69, 9.17) is 4.74 Å². The third-order valence-corrected chi connectivity index (χ3v) is 3.34. The van der Waals surface area contributed by atoms with Crippen LogP contribution < -0.4 is 5.32 Å². The third-order valence-electron chi connectivity index (χ3n) is 3.34. The van der Waals surface area contributed by atoms with Gasteiger partial charge in [0.15, 0.2) is 0 Å². The number of nitrogens with zero attached hydrogens (tertiary/aromatic N) is 2. The summed E-state index contributed by atoms with van der Waals surface area (Å²) >= 11 is 0. The molecule has 2 aromatic rings. The maximum atomic E-state index is 11.6. The molecule has 21 heavy (non-hydrogen) atoms. The van der Waals surface area contributed by atoms with Gasteiger partial charge in [0, 0.05) is 24.4 Å². The van der Waals surface area contributed by atoms with Gasteiger partial charge in [-0.2, -0.15) is 5.10 Å². The van der Waals surface area contributed by atoms with Gasteiger partial charge in [0.25, 0.3) is 0 Å². The Morgan fingerprint density at radius 2 is 2.00 bits per heavy atom. The number of rotatable bonds is 6. The molecule has 0 atom stereocenters. The molecule has 1 aromatic carbocycles. The summed E-state index contributed by atoms with van der Waals surface area (Å²) < 4.78 is 6.99. The van der Waals surface area contributed by atoms with Crippen LogP contribution >= 0.6 is 0 Å². The standard InChI is InChI=1S/C16H21N3O2/c1-4-21-11-16(20)17-10-15-12(2)18-19(13(15)3)14-8-6-5-7-9-14/h5-9H,4,10-11H2,1-3H3,(H,17,20). The molecule has 0 aliphatic rings. The van der Waals surface area contributed by atoms with Crippen molar-refractivity contribution in [2.45, 2.75) is 27.3 Å². The molecule has 1 heterocycles. The average Bonchev–Trinajstić information content (AvgIpc) is 2.79. The van der Waals surface area contributed by atoms with Gasteiger partial charge in [0.05, 0.1) is 11.4 Å². The predicted octanol–water partition coefficient (Wildman–Crippen LogP) is 2.14. The molecule has 2 rings (SSSR count). The minimum atomic E-state index is -0.108. The Balaban J connectivity index is 2.11. The number of aromatic nitrogens is 2. The fraction of sp³-hybridized carbons (Fsp3) is 0.375. The van der Waals surface area contributed by atoms with Gasteiger partial charge in [-0.1, -0.05) is 18.2 Å². The second-order valence-corrected chi connectivity index (χ2v) is 4.81. The molecule has 0 aliphatic heterocycles. The van der Waals surface area contributed by atoms with Crippen LogP contribution in [0.1, 0.15) is 23.9 Å². The lowest BCUT2D eigenvalue weighted by molar-refractivity contribution is -0.125. The zero-order valence-electron chi connectivity index (χ0n) is 12.7. The van der Waals surface area contributed by atoms with Crippen molar-refractivity contribution in [3.05, 3.63) is 47.3 Å². The minimum Gasteiger partial charge on any atom is -0.372 e. The Hall–Kier alpha value is -2.14. The first-order valence-corrected chi connectivity index (χ1v) is 7.08. The Labute approximate surface area is 124 Å². The quantitative estimate of drug-likeness (QED) is 0.885. The molecule has 1 amide bonds. The van der Waals surface area contributed by atoms with Gasteiger partial charge in [-0.05, 0) is 32.9 Å². The van der Waals surface area contributed by atoms with E-state index >= 15 is 0 Å². The number of amides is 1. The Bertz CT molecular complexity index is 605. The molecule has 0 aliphatic carbocycles. The second kappa shape index (κ2) is 7.04. The van der Waals surface area contributed by atoms with Crippen molar-refractivity contribution >= 4 is 5.91 Å². The van der Waals surface area contributed by atoms with Crippen LogP contribution in [0.3, 0.4) is 0 Å². The van der Waals surface area contributed by atoms with Crippen LogP contribution in [0.25, 0.3) is 5.69 Å². The van der Waals surface area contributed by atoms with E-state index in [2.05, 4.69) is 10.4 Å². The van der Waals surface area contributed by atoms with E-state index < -0.39 is 0 Å². The van der Waals surface area contributed by atoms with Gasteiger partial charge in [-0.15, -0.1) is 0 Å². The molecule has 0 radical (unpaired) electrons. The van der Waals surface area contributed by atoms with Gasteiger partial charge in [0.2, 0.25) is 5.91 Å². The van der Waals surface area contributed by atoms with Gasteiger partial charge in [-0.25, -0.2) is 4.68 Å². The maximum Gasteiger partial charge on any atom is 0.246 e. The molecule has 0 unspecified atom stereocenters. The first kappa shape index (κ1) is 15.3. The topological polar surface area (TPSA) is 56.1 Å². The third kappa shape index (κ3) is 3.70. The van der Waals surface area contributed by atoms with Crippen molar-refractivity contribution in [2.24, 2.45) is 0 Å². The van der Waals surface area contributed by atoms with Crippen LogP contribution in [0.2, 0.25) is 0 Å². The highest BCUT2D eigenvalue weighted by atomic mass is 16.5. The molecule has 5 heteroatoms. The molecule has 0 saturated heterocycles. The summed E-state index contributed by atoms with van der Waals surface area (Å²) in [7, 11) is 0. The number of benzene rings is 1. The molecule has 0 saturated carbocycles. The minimum absolute atomic E-state index is 0.0986. The van der Waals surface area contributed by atoms with E-state index in [1.54, 1.807) is 0 Å². The summed E-state index contributed by atoms with van der Waals surface area (Å²) in [6.07, 6.45) is 0. The zero-order valence-corrected chi connectivity index (χ0v) is 12.7. The van der Waals surface area contributed by atoms with Gasteiger partial charge in [0.1, 0.15) is 6.61 Å². The number of nitrogens with one attached hydrogen (secondary N) is 1. The van der Waals surface area contributed by atoms with Crippen LogP contribution in [-0.4, -0.2) is 28.9 Å². The smallest absolute Gasteiger partial charge is 0.246 e. The van der Waals surface area contributed by atoms with E-state index in [-0.39, 0.29) is 12.5 Å². The summed E-state index contributed by atoms with van der Waals surface area (Å²) in [5, 5.41) is 7.42. The fourth-order valence-corrected chi connectivity index (χ4v) is 2.18. The van der Waals surface area contributed by atoms with E-state index in [1.807, 2.05) is 55.8 Å². The Kier molecular flexibility index (Phi) is 5.11. The number of hydrogen-bond donors (Lipinski definition) is 1. The van der Waals surface area contributed by atoms with Crippen LogP contribution in [0.15, 0.2) is 30.3 Å². The van der Waals surface area contributed by atoms with Crippen molar-refractivity contribution < 1.29 is 9.53 Å². The molecule has 5 nitrogen and oxygen atoms in total. The highest BCUT2D eigenvalue weighted by molar-refractivity contribution is 5.77. The number of para-hydroxylation sites is 1. The molecule has 0 spiro atoms. The van der Waals surface area contributed by atoms with Crippen LogP contribution in [-0.2, 0) is 16.1 Å². The first-order valence-electron chi connectivity index (χ1n) is 7.08. The molecule has 1 N–H and O–H groups in total. The second-order valence-electron chi connectivity index (χ2n) is 4.81. The first-order chi connectivity index (χ1) is 10.1. The van der Waals surface area contributed by atoms with Gasteiger partial charge in [-0.3, -0.25) is 4.79 Å². The van der Waals surface area contributed by atoms with Crippen molar-refractivity contribution in [2.75, 3.05) is 13.2 Å². The van der Waals surface area contributed by atoms with Gasteiger partial charge >= 0.3 is 0 Å². The summed E-state index contributed by atoms with van der Waals surface area (Å²) in [5.74, 6) is -0.108. The molecule has 0 fully saturated rings. The lowest BCUT2D eigenvalue weighted by atomic mass is 10.2. The summed E-state index contributed by atoms with van der Waals surface area (Å²) in [6, 6.07) is 9.96. The molecule has 112 valence electrons. The number of carbonyl (C=O) groups is 1. The van der Waals surface area contributed by atoms with Crippen molar-refractivity contribution in [3.8, 4) is 5.69 Å². The normalized spacial score (nSPS) is 10.6. The SMILES string of the molecule is CCOCC(=O)NCc1c(C)nn(-c2ccccc2)c1C.